The predicted octanol–water partition coefficient (Wildman–Crippen LogP) is 1.81. The summed E-state index contributed by atoms with van der Waals surface area (Å²) in [5.41, 5.74) is 4.99. The van der Waals surface area contributed by atoms with Gasteiger partial charge in [0.15, 0.2) is 6.10 Å². The number of carboxylic acids is 1. The number of aliphatic hydroxyl groups is 1. The lowest BCUT2D eigenvalue weighted by atomic mass is 9.98. The number of amides is 2. The van der Waals surface area contributed by atoms with E-state index in [0.717, 1.165) is 22.3 Å². The van der Waals surface area contributed by atoms with E-state index in [-0.39, 0.29) is 31.9 Å². The van der Waals surface area contributed by atoms with Crippen molar-refractivity contribution in [2.45, 2.75) is 30.9 Å². The summed E-state index contributed by atoms with van der Waals surface area (Å²) in [6.07, 6.45) is 0.614. The number of aromatic amines is 1. The standard InChI is InChI=1S/C25H26N4O6/c30-22(24(32)33)9-10-27-23(31)21(11-15-12-26-14-28-15)29-25(34)35-13-20-18-7-3-1-5-16(18)17-6-2-4-8-19(17)20/h1-8,12,14,20-22,30H,9-11,13H2,(H,26,28)(H,27,31)(H,29,34)(H,32,33)/t21?,22-/m0/s1. The maximum absolute atomic E-state index is 12.7. The Morgan fingerprint density at radius 1 is 1.06 bits per heavy atom. The molecule has 182 valence electrons. The number of carboxylic acid groups (broad SMARTS) is 1. The van der Waals surface area contributed by atoms with Gasteiger partial charge in [-0.15, -0.1) is 0 Å². The van der Waals surface area contributed by atoms with Crippen LogP contribution in [0, 0.1) is 0 Å². The Kier molecular flexibility index (Phi) is 7.41. The fraction of sp³-hybridized carbons (Fsp3) is 0.280. The topological polar surface area (TPSA) is 154 Å². The van der Waals surface area contributed by atoms with Crippen LogP contribution in [-0.2, 0) is 20.7 Å². The Morgan fingerprint density at radius 3 is 2.31 bits per heavy atom. The van der Waals surface area contributed by atoms with Crippen LogP contribution in [0.2, 0.25) is 0 Å². The number of nitrogens with zero attached hydrogens (tertiary/aromatic N) is 1. The Bertz CT molecular complexity index is 1150. The van der Waals surface area contributed by atoms with E-state index < -0.39 is 30.1 Å². The van der Waals surface area contributed by atoms with Crippen LogP contribution in [0.5, 0.6) is 0 Å². The SMILES string of the molecule is O=C(NC(Cc1cnc[nH]1)C(=O)NCC[C@H](O)C(=O)O)OCC1c2ccccc2-c2ccccc21. The maximum Gasteiger partial charge on any atom is 0.407 e. The molecule has 2 amide bonds. The van der Waals surface area contributed by atoms with Crippen molar-refractivity contribution >= 4 is 18.0 Å². The lowest BCUT2D eigenvalue weighted by Gasteiger charge is -2.19. The van der Waals surface area contributed by atoms with Crippen LogP contribution in [0.15, 0.2) is 61.1 Å². The van der Waals surface area contributed by atoms with Gasteiger partial charge in [-0.3, -0.25) is 4.79 Å². The Balaban J connectivity index is 1.39. The van der Waals surface area contributed by atoms with E-state index in [1.165, 1.54) is 12.5 Å². The predicted molar refractivity (Wildman–Crippen MR) is 126 cm³/mol. The van der Waals surface area contributed by atoms with Crippen molar-refractivity contribution in [2.75, 3.05) is 13.2 Å². The Labute approximate surface area is 201 Å². The first kappa shape index (κ1) is 24.0. The van der Waals surface area contributed by atoms with Gasteiger partial charge >= 0.3 is 12.1 Å². The third-order valence-corrected chi connectivity index (χ3v) is 5.93. The summed E-state index contributed by atoms with van der Waals surface area (Å²) in [6.45, 7) is 0.0290. The van der Waals surface area contributed by atoms with Gasteiger partial charge in [-0.1, -0.05) is 48.5 Å². The van der Waals surface area contributed by atoms with Gasteiger partial charge in [0.2, 0.25) is 5.91 Å². The highest BCUT2D eigenvalue weighted by Gasteiger charge is 2.30. The molecule has 4 rings (SSSR count). The van der Waals surface area contributed by atoms with Crippen molar-refractivity contribution in [1.29, 1.82) is 0 Å². The van der Waals surface area contributed by atoms with Gasteiger partial charge in [0.1, 0.15) is 12.6 Å². The number of aliphatic hydroxyl groups excluding tert-OH is 1. The molecule has 35 heavy (non-hydrogen) atoms. The summed E-state index contributed by atoms with van der Waals surface area (Å²) < 4.78 is 5.54. The highest BCUT2D eigenvalue weighted by molar-refractivity contribution is 5.86. The molecule has 0 aliphatic heterocycles. The van der Waals surface area contributed by atoms with Gasteiger partial charge in [-0.25, -0.2) is 14.6 Å². The number of fused-ring (bicyclic) bond motifs is 3. The molecule has 1 unspecified atom stereocenters. The van der Waals surface area contributed by atoms with Gasteiger partial charge in [0.25, 0.3) is 0 Å². The molecule has 1 heterocycles. The van der Waals surface area contributed by atoms with Crippen molar-refractivity contribution < 1.29 is 29.3 Å². The second kappa shape index (κ2) is 10.8. The van der Waals surface area contributed by atoms with Gasteiger partial charge < -0.3 is 30.6 Å². The van der Waals surface area contributed by atoms with Crippen LogP contribution >= 0.6 is 0 Å². The minimum atomic E-state index is -1.59. The summed E-state index contributed by atoms with van der Waals surface area (Å²) in [7, 11) is 0. The summed E-state index contributed by atoms with van der Waals surface area (Å²) in [5, 5.41) is 23.3. The number of aromatic nitrogens is 2. The van der Waals surface area contributed by atoms with Gasteiger partial charge in [-0.05, 0) is 22.3 Å². The zero-order chi connectivity index (χ0) is 24.8. The van der Waals surface area contributed by atoms with Crippen molar-refractivity contribution in [3.63, 3.8) is 0 Å². The van der Waals surface area contributed by atoms with E-state index in [1.807, 2.05) is 48.5 Å². The Morgan fingerprint density at radius 2 is 1.71 bits per heavy atom. The number of rotatable bonds is 10. The van der Waals surface area contributed by atoms with Crippen molar-refractivity contribution in [2.24, 2.45) is 0 Å². The average Bonchev–Trinajstić information content (AvgIpc) is 3.48. The quantitative estimate of drug-likeness (QED) is 0.298. The molecule has 3 aromatic rings. The van der Waals surface area contributed by atoms with Gasteiger partial charge in [-0.2, -0.15) is 0 Å². The lowest BCUT2D eigenvalue weighted by molar-refractivity contribution is -0.147. The molecule has 10 heteroatoms. The Hall–Kier alpha value is -4.18. The monoisotopic (exact) mass is 478 g/mol. The van der Waals surface area contributed by atoms with Crippen LogP contribution in [-0.4, -0.2) is 63.4 Å². The van der Waals surface area contributed by atoms with Crippen LogP contribution in [0.4, 0.5) is 4.79 Å². The molecular formula is C25H26N4O6. The molecular weight excluding hydrogens is 452 g/mol. The molecule has 1 aromatic heterocycles. The summed E-state index contributed by atoms with van der Waals surface area (Å²) in [5.74, 6) is -2.03. The van der Waals surface area contributed by atoms with E-state index in [0.29, 0.717) is 5.69 Å². The lowest BCUT2D eigenvalue weighted by Crippen LogP contribution is -2.49. The first-order chi connectivity index (χ1) is 16.9. The number of alkyl carbamates (subject to hydrolysis) is 1. The smallest absolute Gasteiger partial charge is 0.407 e. The minimum Gasteiger partial charge on any atom is -0.479 e. The summed E-state index contributed by atoms with van der Waals surface area (Å²) in [4.78, 5) is 42.9. The molecule has 0 radical (unpaired) electrons. The van der Waals surface area contributed by atoms with E-state index >= 15 is 0 Å². The number of H-pyrrole nitrogens is 1. The second-order valence-electron chi connectivity index (χ2n) is 8.24. The molecule has 10 nitrogen and oxygen atoms in total. The highest BCUT2D eigenvalue weighted by atomic mass is 16.5. The molecule has 1 aliphatic rings. The first-order valence-electron chi connectivity index (χ1n) is 11.2. The summed E-state index contributed by atoms with van der Waals surface area (Å²) >= 11 is 0. The number of benzene rings is 2. The number of hydrogen-bond donors (Lipinski definition) is 5. The zero-order valence-corrected chi connectivity index (χ0v) is 18.8. The normalized spacial score (nSPS) is 13.9. The molecule has 5 N–H and O–H groups in total. The van der Waals surface area contributed by atoms with Gasteiger partial charge in [0.05, 0.1) is 6.33 Å². The van der Waals surface area contributed by atoms with E-state index in [1.54, 1.807) is 0 Å². The molecule has 2 atom stereocenters. The van der Waals surface area contributed by atoms with Gasteiger partial charge in [0, 0.05) is 37.2 Å². The number of hydrogen-bond acceptors (Lipinski definition) is 6. The molecule has 2 aromatic carbocycles. The number of aliphatic carboxylic acids is 1. The largest absolute Gasteiger partial charge is 0.479 e. The number of ether oxygens (including phenoxy) is 1. The highest BCUT2D eigenvalue weighted by Crippen LogP contribution is 2.44. The van der Waals surface area contributed by atoms with Crippen LogP contribution in [0.1, 0.15) is 29.2 Å². The molecule has 0 saturated heterocycles. The van der Waals surface area contributed by atoms with Crippen molar-refractivity contribution in [3.05, 3.63) is 77.9 Å². The van der Waals surface area contributed by atoms with Crippen molar-refractivity contribution in [3.8, 4) is 11.1 Å². The molecule has 0 spiro atoms. The number of carbonyl (C=O) groups excluding carboxylic acids is 2. The average molecular weight is 479 g/mol. The van der Waals surface area contributed by atoms with E-state index in [2.05, 4.69) is 20.6 Å². The number of nitrogens with one attached hydrogen (secondary N) is 3. The molecule has 0 fully saturated rings. The first-order valence-corrected chi connectivity index (χ1v) is 11.2. The number of imidazole rings is 1. The summed E-state index contributed by atoms with van der Waals surface area (Å²) in [6, 6.07) is 15.0. The fourth-order valence-electron chi connectivity index (χ4n) is 4.19. The molecule has 0 saturated carbocycles. The number of carbonyl (C=O) groups is 3. The third-order valence-electron chi connectivity index (χ3n) is 5.93. The maximum atomic E-state index is 12.7. The second-order valence-corrected chi connectivity index (χ2v) is 8.24. The zero-order valence-electron chi connectivity index (χ0n) is 18.8. The van der Waals surface area contributed by atoms with E-state index in [9.17, 15) is 19.5 Å². The van der Waals surface area contributed by atoms with E-state index in [4.69, 9.17) is 9.84 Å². The molecule has 0 bridgehead atoms. The van der Waals surface area contributed by atoms with Crippen molar-refractivity contribution in [1.82, 2.24) is 20.6 Å². The van der Waals surface area contributed by atoms with Crippen LogP contribution in [0.3, 0.4) is 0 Å². The van der Waals surface area contributed by atoms with Crippen LogP contribution < -0.4 is 10.6 Å². The minimum absolute atomic E-state index is 0.0713. The fourth-order valence-corrected chi connectivity index (χ4v) is 4.19. The molecule has 1 aliphatic carbocycles. The van der Waals surface area contributed by atoms with Crippen LogP contribution in [0.25, 0.3) is 11.1 Å². The third kappa shape index (κ3) is 5.67.